The maximum Gasteiger partial charge on any atom is 0.162 e. The van der Waals surface area contributed by atoms with E-state index >= 15 is 0 Å². The van der Waals surface area contributed by atoms with E-state index in [-0.39, 0.29) is 5.41 Å². The van der Waals surface area contributed by atoms with Gasteiger partial charge < -0.3 is 5.32 Å². The van der Waals surface area contributed by atoms with Crippen LogP contribution < -0.4 is 5.32 Å². The maximum absolute atomic E-state index is 5.92. The zero-order chi connectivity index (χ0) is 14.2. The van der Waals surface area contributed by atoms with E-state index in [0.717, 1.165) is 23.0 Å². The fourth-order valence-electron chi connectivity index (χ4n) is 1.72. The summed E-state index contributed by atoms with van der Waals surface area (Å²) in [7, 11) is 1.85. The highest BCUT2D eigenvalue weighted by Gasteiger charge is 2.21. The zero-order valence-electron chi connectivity index (χ0n) is 11.8. The van der Waals surface area contributed by atoms with E-state index in [1.807, 2.05) is 14.0 Å². The molecule has 2 aromatic rings. The Bertz CT molecular complexity index is 598. The quantitative estimate of drug-likeness (QED) is 0.918. The number of halogens is 1. The van der Waals surface area contributed by atoms with Gasteiger partial charge in [0.05, 0.1) is 17.4 Å². The molecule has 2 rings (SSSR count). The van der Waals surface area contributed by atoms with Crippen molar-refractivity contribution in [3.05, 3.63) is 28.8 Å². The number of rotatable bonds is 2. The summed E-state index contributed by atoms with van der Waals surface area (Å²) >= 11 is 5.92. The monoisotopic (exact) mass is 279 g/mol. The molecule has 0 fully saturated rings. The van der Waals surface area contributed by atoms with Crippen LogP contribution in [0.4, 0.5) is 5.82 Å². The molecule has 0 aromatic carbocycles. The first-order chi connectivity index (χ1) is 8.82. The summed E-state index contributed by atoms with van der Waals surface area (Å²) in [5.41, 5.74) is 0.806. The molecular weight excluding hydrogens is 262 g/mol. The molecule has 0 atom stereocenters. The largest absolute Gasteiger partial charge is 0.373 e. The van der Waals surface area contributed by atoms with Crippen molar-refractivity contribution in [2.75, 3.05) is 12.4 Å². The molecule has 102 valence electrons. The fourth-order valence-corrected chi connectivity index (χ4v) is 1.86. The summed E-state index contributed by atoms with van der Waals surface area (Å²) in [6.07, 6.45) is 3.34. The van der Waals surface area contributed by atoms with Crippen LogP contribution in [0.1, 0.15) is 32.2 Å². The lowest BCUT2D eigenvalue weighted by molar-refractivity contribution is 0.542. The number of hydrogen-bond donors (Lipinski definition) is 1. The number of aromatic nitrogens is 4. The minimum absolute atomic E-state index is 0.134. The zero-order valence-corrected chi connectivity index (χ0v) is 12.6. The van der Waals surface area contributed by atoms with Crippen LogP contribution in [0.3, 0.4) is 0 Å². The van der Waals surface area contributed by atoms with Gasteiger partial charge in [0.1, 0.15) is 11.6 Å². The summed E-state index contributed by atoms with van der Waals surface area (Å²) in [5.74, 6) is 2.32. The van der Waals surface area contributed by atoms with E-state index in [2.05, 4.69) is 41.2 Å². The molecule has 0 bridgehead atoms. The Balaban J connectivity index is 2.65. The van der Waals surface area contributed by atoms with E-state index in [4.69, 9.17) is 11.6 Å². The van der Waals surface area contributed by atoms with Gasteiger partial charge in [-0.15, -0.1) is 0 Å². The number of nitrogens with one attached hydrogen (secondary N) is 1. The van der Waals surface area contributed by atoms with Gasteiger partial charge in [-0.05, 0) is 6.92 Å². The lowest BCUT2D eigenvalue weighted by atomic mass is 9.95. The van der Waals surface area contributed by atoms with Crippen LogP contribution in [0.15, 0.2) is 12.4 Å². The third kappa shape index (κ3) is 2.71. The van der Waals surface area contributed by atoms with Crippen LogP contribution in [-0.4, -0.2) is 26.8 Å². The van der Waals surface area contributed by atoms with E-state index < -0.39 is 0 Å². The minimum atomic E-state index is -0.134. The van der Waals surface area contributed by atoms with Gasteiger partial charge in [-0.25, -0.2) is 14.6 Å². The summed E-state index contributed by atoms with van der Waals surface area (Å²) in [4.78, 5) is 9.19. The number of nitrogens with zero attached hydrogens (tertiary/aromatic N) is 4. The van der Waals surface area contributed by atoms with Crippen LogP contribution in [0, 0.1) is 6.92 Å². The summed E-state index contributed by atoms with van der Waals surface area (Å²) in [6, 6.07) is 0. The Kier molecular flexibility index (Phi) is 3.49. The molecule has 2 aromatic heterocycles. The van der Waals surface area contributed by atoms with Crippen molar-refractivity contribution in [1.82, 2.24) is 19.7 Å². The lowest BCUT2D eigenvalue weighted by Crippen LogP contribution is -2.19. The van der Waals surface area contributed by atoms with Crippen LogP contribution in [0.25, 0.3) is 5.82 Å². The first-order valence-corrected chi connectivity index (χ1v) is 6.48. The molecule has 0 aliphatic heterocycles. The van der Waals surface area contributed by atoms with Gasteiger partial charge in [-0.3, -0.25) is 0 Å². The predicted octanol–water partition coefficient (Wildman–Crippen LogP) is 2.96. The topological polar surface area (TPSA) is 55.6 Å². The predicted molar refractivity (Wildman–Crippen MR) is 77.1 cm³/mol. The number of anilines is 1. The van der Waals surface area contributed by atoms with E-state index in [1.165, 1.54) is 0 Å². The molecular formula is C13H18ClN5. The molecule has 1 N–H and O–H groups in total. The Labute approximate surface area is 118 Å². The Morgan fingerprint density at radius 2 is 1.95 bits per heavy atom. The van der Waals surface area contributed by atoms with Crippen LogP contribution in [0.2, 0.25) is 5.02 Å². The van der Waals surface area contributed by atoms with E-state index in [9.17, 15) is 0 Å². The molecule has 0 saturated carbocycles. The van der Waals surface area contributed by atoms with Crippen LogP contribution in [0.5, 0.6) is 0 Å². The second-order valence-corrected chi connectivity index (χ2v) is 5.88. The summed E-state index contributed by atoms with van der Waals surface area (Å²) in [6.45, 7) is 8.20. The summed E-state index contributed by atoms with van der Waals surface area (Å²) < 4.78 is 1.68. The summed E-state index contributed by atoms with van der Waals surface area (Å²) in [5, 5.41) is 7.90. The van der Waals surface area contributed by atoms with Crippen LogP contribution in [-0.2, 0) is 5.41 Å². The lowest BCUT2D eigenvalue weighted by Gasteiger charge is -2.20. The molecule has 0 aliphatic rings. The first-order valence-electron chi connectivity index (χ1n) is 6.10. The molecule has 0 radical (unpaired) electrons. The molecule has 5 nitrogen and oxygen atoms in total. The standard InChI is InChI=1S/C13H18ClN5/c1-8-10(15-5)17-12(13(2,3)4)18-11(8)19-7-9(14)6-16-19/h6-7H,1-5H3,(H,15,17,18). The second-order valence-electron chi connectivity index (χ2n) is 5.45. The van der Waals surface area contributed by atoms with E-state index in [0.29, 0.717) is 5.02 Å². The van der Waals surface area contributed by atoms with Gasteiger partial charge in [0, 0.05) is 18.0 Å². The van der Waals surface area contributed by atoms with Crippen LogP contribution >= 0.6 is 11.6 Å². The van der Waals surface area contributed by atoms with Gasteiger partial charge in [0.2, 0.25) is 0 Å². The molecule has 0 amide bonds. The molecule has 0 saturated heterocycles. The average molecular weight is 280 g/mol. The van der Waals surface area contributed by atoms with Gasteiger partial charge in [0.15, 0.2) is 5.82 Å². The minimum Gasteiger partial charge on any atom is -0.373 e. The van der Waals surface area contributed by atoms with Gasteiger partial charge in [-0.1, -0.05) is 32.4 Å². The third-order valence-electron chi connectivity index (χ3n) is 2.80. The second kappa shape index (κ2) is 4.81. The molecule has 0 spiro atoms. The van der Waals surface area contributed by atoms with Gasteiger partial charge >= 0.3 is 0 Å². The molecule has 19 heavy (non-hydrogen) atoms. The van der Waals surface area contributed by atoms with Crippen molar-refractivity contribution in [3.63, 3.8) is 0 Å². The highest BCUT2D eigenvalue weighted by atomic mass is 35.5. The van der Waals surface area contributed by atoms with Crippen molar-refractivity contribution in [3.8, 4) is 5.82 Å². The Morgan fingerprint density at radius 3 is 2.42 bits per heavy atom. The maximum atomic E-state index is 5.92. The highest BCUT2D eigenvalue weighted by molar-refractivity contribution is 6.30. The SMILES string of the molecule is CNc1nc(C(C)(C)C)nc(-n2cc(Cl)cn2)c1C. The van der Waals surface area contributed by atoms with Crippen molar-refractivity contribution in [2.45, 2.75) is 33.1 Å². The van der Waals surface area contributed by atoms with Crippen molar-refractivity contribution in [1.29, 1.82) is 0 Å². The highest BCUT2D eigenvalue weighted by Crippen LogP contribution is 2.25. The van der Waals surface area contributed by atoms with Crippen molar-refractivity contribution >= 4 is 17.4 Å². The Morgan fingerprint density at radius 1 is 1.26 bits per heavy atom. The van der Waals surface area contributed by atoms with Crippen molar-refractivity contribution in [2.24, 2.45) is 0 Å². The average Bonchev–Trinajstić information content (AvgIpc) is 2.74. The molecule has 2 heterocycles. The molecule has 0 unspecified atom stereocenters. The van der Waals surface area contributed by atoms with Gasteiger partial charge in [0.25, 0.3) is 0 Å². The molecule has 6 heteroatoms. The normalized spacial score (nSPS) is 11.7. The van der Waals surface area contributed by atoms with Crippen molar-refractivity contribution < 1.29 is 0 Å². The smallest absolute Gasteiger partial charge is 0.162 e. The molecule has 0 aliphatic carbocycles. The van der Waals surface area contributed by atoms with E-state index in [1.54, 1.807) is 17.1 Å². The Hall–Kier alpha value is -1.62. The first kappa shape index (κ1) is 13.8. The third-order valence-corrected chi connectivity index (χ3v) is 2.99. The number of hydrogen-bond acceptors (Lipinski definition) is 4. The fraction of sp³-hybridized carbons (Fsp3) is 0.462. The van der Waals surface area contributed by atoms with Gasteiger partial charge in [-0.2, -0.15) is 5.10 Å².